The van der Waals surface area contributed by atoms with Crippen molar-refractivity contribution < 1.29 is 66.6 Å². The summed E-state index contributed by atoms with van der Waals surface area (Å²) < 4.78 is 49.3. The Bertz CT molecular complexity index is 2040. The number of nitrogens with zero attached hydrogens (tertiary/aromatic N) is 2. The lowest BCUT2D eigenvalue weighted by atomic mass is 10.1. The molecule has 19 nitrogen and oxygen atoms in total. The van der Waals surface area contributed by atoms with Gasteiger partial charge in [0.05, 0.1) is 82.6 Å². The number of fused-ring (bicyclic) bond motifs is 2. The molecule has 0 bridgehead atoms. The van der Waals surface area contributed by atoms with Crippen LogP contribution >= 0.6 is 0 Å². The number of carbonyl (C=O) groups is 2. The molecule has 2 fully saturated rings. The molecule has 2 atom stereocenters. The Morgan fingerprint density at radius 2 is 1.60 bits per heavy atom. The number of hydroxylamine groups is 3. The van der Waals surface area contributed by atoms with Gasteiger partial charge < -0.3 is 54.7 Å². The summed E-state index contributed by atoms with van der Waals surface area (Å²) in [5.41, 5.74) is 4.92. The number of carbonyl (C=O) groups excluding carboxylic acids is 2. The number of aromatic amines is 1. The van der Waals surface area contributed by atoms with Gasteiger partial charge in [-0.1, -0.05) is 11.7 Å². The zero-order valence-corrected chi connectivity index (χ0v) is 32.5. The summed E-state index contributed by atoms with van der Waals surface area (Å²) in [6.07, 6.45) is 0.0678. The van der Waals surface area contributed by atoms with Crippen molar-refractivity contribution in [3.8, 4) is 11.5 Å². The zero-order chi connectivity index (χ0) is 41.7. The maximum Gasteiger partial charge on any atom is 0.282 e. The summed E-state index contributed by atoms with van der Waals surface area (Å²) in [5.74, 6) is -3.74. The van der Waals surface area contributed by atoms with Gasteiger partial charge in [-0.2, -0.15) is 0 Å². The van der Waals surface area contributed by atoms with Crippen molar-refractivity contribution in [3.05, 3.63) is 83.6 Å². The van der Waals surface area contributed by atoms with E-state index in [1.807, 2.05) is 18.2 Å². The van der Waals surface area contributed by atoms with Crippen LogP contribution in [-0.4, -0.2) is 118 Å². The van der Waals surface area contributed by atoms with Crippen LogP contribution in [0.5, 0.6) is 11.5 Å². The molecule has 3 aliphatic heterocycles. The number of rotatable bonds is 22. The molecule has 1 unspecified atom stereocenters. The van der Waals surface area contributed by atoms with Crippen molar-refractivity contribution in [2.24, 2.45) is 0 Å². The summed E-state index contributed by atoms with van der Waals surface area (Å²) in [5, 5.41) is 22.8. The molecule has 2 saturated heterocycles. The third kappa shape index (κ3) is 11.5. The Hall–Kier alpha value is -5.20. The molecule has 0 aliphatic carbocycles. The first-order valence-corrected chi connectivity index (χ1v) is 19.4. The van der Waals surface area contributed by atoms with Crippen molar-refractivity contribution in [1.82, 2.24) is 26.5 Å². The fourth-order valence-electron chi connectivity index (χ4n) is 6.29. The van der Waals surface area contributed by atoms with Gasteiger partial charge in [0, 0.05) is 49.4 Å². The molecule has 6 N–H and O–H groups in total. The number of hydrogen-bond acceptors (Lipinski definition) is 16. The molecule has 7 rings (SSSR count). The molecule has 4 aromatic rings. The topological polar surface area (TPSA) is 208 Å². The van der Waals surface area contributed by atoms with Gasteiger partial charge in [-0.25, -0.2) is 13.6 Å². The fourth-order valence-corrected chi connectivity index (χ4v) is 6.29. The minimum Gasteiger partial charge on any atom is -0.380 e. The van der Waals surface area contributed by atoms with Crippen LogP contribution in [-0.2, 0) is 44.8 Å². The van der Waals surface area contributed by atoms with Crippen LogP contribution in [0.1, 0.15) is 28.9 Å². The monoisotopic (exact) mass is 843 g/mol. The highest BCUT2D eigenvalue weighted by Crippen LogP contribution is 2.41. The smallest absolute Gasteiger partial charge is 0.282 e. The van der Waals surface area contributed by atoms with Gasteiger partial charge in [0.15, 0.2) is 5.75 Å². The molecule has 0 spiro atoms. The number of H-pyrrole nitrogens is 1. The van der Waals surface area contributed by atoms with Gasteiger partial charge in [-0.15, -0.1) is 0 Å². The van der Waals surface area contributed by atoms with Crippen molar-refractivity contribution in [3.63, 3.8) is 0 Å². The summed E-state index contributed by atoms with van der Waals surface area (Å²) in [6, 6.07) is 15.4. The lowest BCUT2D eigenvalue weighted by Gasteiger charge is -2.26. The van der Waals surface area contributed by atoms with E-state index in [1.165, 1.54) is 10.3 Å². The molecule has 3 aliphatic rings. The van der Waals surface area contributed by atoms with E-state index >= 15 is 0 Å². The molecule has 1 aromatic heterocycles. The number of aliphatic hydroxyl groups is 1. The minimum absolute atomic E-state index is 0.0485. The summed E-state index contributed by atoms with van der Waals surface area (Å²) in [6.45, 7) is 4.43. The lowest BCUT2D eigenvalue weighted by molar-refractivity contribution is -0.376. The van der Waals surface area contributed by atoms with Crippen molar-refractivity contribution in [2.75, 3.05) is 89.5 Å². The largest absolute Gasteiger partial charge is 0.380 e. The van der Waals surface area contributed by atoms with Crippen molar-refractivity contribution in [2.45, 2.75) is 31.4 Å². The van der Waals surface area contributed by atoms with Gasteiger partial charge >= 0.3 is 0 Å². The quantitative estimate of drug-likeness (QED) is 0.0629. The van der Waals surface area contributed by atoms with E-state index in [0.29, 0.717) is 106 Å². The summed E-state index contributed by atoms with van der Waals surface area (Å²) in [4.78, 5) is 56.0. The second kappa shape index (κ2) is 20.9. The number of ether oxygens (including phenoxy) is 4. The third-order valence-corrected chi connectivity index (χ3v) is 9.29. The number of benzene rings is 3. The normalized spacial score (nSPS) is 18.9. The molecule has 0 saturated carbocycles. The number of nitrogens with one attached hydrogen (secondary N) is 5. The Morgan fingerprint density at radius 3 is 2.33 bits per heavy atom. The van der Waals surface area contributed by atoms with E-state index in [9.17, 15) is 23.5 Å². The van der Waals surface area contributed by atoms with Crippen LogP contribution in [0, 0.1) is 11.6 Å². The molecular weight excluding hydrogens is 796 g/mol. The average Bonchev–Trinajstić information content (AvgIpc) is 4.00. The highest BCUT2D eigenvalue weighted by atomic mass is 19.1. The highest BCUT2D eigenvalue weighted by molar-refractivity contribution is 5.98. The Labute approximate surface area is 342 Å². The Morgan fingerprint density at radius 1 is 0.867 bits per heavy atom. The SMILES string of the molecule is O=C(NCCOCCOCCOCCOCCNc1cccc2c1ON(C1CCONO1)O2)c1cc2cc(N3CC[C@@](O)(C(=O)NCc4cc(F)cc(F)c4)O3)ccc2[nH]1. The lowest BCUT2D eigenvalue weighted by Crippen LogP contribution is -2.47. The van der Waals surface area contributed by atoms with Gasteiger partial charge in [0.25, 0.3) is 17.6 Å². The van der Waals surface area contributed by atoms with Gasteiger partial charge in [0.1, 0.15) is 17.3 Å². The maximum atomic E-state index is 13.5. The molecule has 60 heavy (non-hydrogen) atoms. The first-order chi connectivity index (χ1) is 29.2. The highest BCUT2D eigenvalue weighted by Gasteiger charge is 2.45. The number of para-hydroxylation sites is 1. The van der Waals surface area contributed by atoms with Crippen molar-refractivity contribution >= 4 is 34.1 Å². The molecule has 4 heterocycles. The van der Waals surface area contributed by atoms with Crippen LogP contribution < -0.4 is 36.3 Å². The second-order valence-corrected chi connectivity index (χ2v) is 13.7. The molecule has 2 amide bonds. The van der Waals surface area contributed by atoms with E-state index in [1.54, 1.807) is 24.3 Å². The number of hydrogen-bond donors (Lipinski definition) is 6. The van der Waals surface area contributed by atoms with E-state index in [0.717, 1.165) is 23.9 Å². The van der Waals surface area contributed by atoms with Gasteiger partial charge in [-0.3, -0.25) is 24.3 Å². The maximum absolute atomic E-state index is 13.5. The van der Waals surface area contributed by atoms with Crippen LogP contribution in [0.3, 0.4) is 0 Å². The molecular formula is C39H47F2N7O12. The van der Waals surface area contributed by atoms with Crippen molar-refractivity contribution in [1.29, 1.82) is 0 Å². The predicted octanol–water partition coefficient (Wildman–Crippen LogP) is 2.59. The number of amides is 2. The first kappa shape index (κ1) is 42.9. The Kier molecular flexibility index (Phi) is 14.9. The minimum atomic E-state index is -2.17. The average molecular weight is 844 g/mol. The summed E-state index contributed by atoms with van der Waals surface area (Å²) in [7, 11) is 0. The third-order valence-electron chi connectivity index (χ3n) is 9.29. The first-order valence-electron chi connectivity index (χ1n) is 19.4. The predicted molar refractivity (Wildman–Crippen MR) is 207 cm³/mol. The number of anilines is 2. The molecule has 324 valence electrons. The van der Waals surface area contributed by atoms with Gasteiger partial charge in [0.2, 0.25) is 12.0 Å². The van der Waals surface area contributed by atoms with Gasteiger partial charge in [-0.05, 0) is 54.1 Å². The van der Waals surface area contributed by atoms with E-state index in [-0.39, 0.29) is 37.5 Å². The zero-order valence-electron chi connectivity index (χ0n) is 32.5. The van der Waals surface area contributed by atoms with E-state index in [2.05, 4.69) is 26.6 Å². The van der Waals surface area contributed by atoms with Crippen LogP contribution in [0.4, 0.5) is 20.2 Å². The number of halogens is 2. The molecule has 0 radical (unpaired) electrons. The summed E-state index contributed by atoms with van der Waals surface area (Å²) >= 11 is 0. The standard InChI is InChI=1S/C39H47F2N7O12/c40-28-20-26(21-29(41)24-28)25-44-38(50)39(51)7-10-47(60-39)30-4-5-31-27(22-30)23-33(45-31)37(49)43-9-13-53-15-17-55-19-18-54-16-14-52-12-8-42-32-2-1-3-34-36(32)59-48(58-34)35-6-11-56-46-57-35/h1-5,20-24,35,42,45-46,51H,6-19,25H2,(H,43,49)(H,44,50)/t35?,39-/m0/s1. The molecule has 21 heteroatoms. The number of aromatic nitrogens is 1. The molecule has 3 aromatic carbocycles. The van der Waals surface area contributed by atoms with Crippen LogP contribution in [0.25, 0.3) is 10.9 Å². The van der Waals surface area contributed by atoms with Crippen LogP contribution in [0.2, 0.25) is 0 Å². The van der Waals surface area contributed by atoms with E-state index < -0.39 is 29.6 Å². The van der Waals surface area contributed by atoms with E-state index in [4.69, 9.17) is 43.1 Å². The second-order valence-electron chi connectivity index (χ2n) is 13.7. The van der Waals surface area contributed by atoms with Crippen LogP contribution in [0.15, 0.2) is 60.7 Å². The fraction of sp³-hybridized carbons (Fsp3) is 0.436. The Balaban J connectivity index is 0.695.